The normalized spacial score (nSPS) is 26.9. The Morgan fingerprint density at radius 2 is 2.13 bits per heavy atom. The van der Waals surface area contributed by atoms with Crippen molar-refractivity contribution in [2.24, 2.45) is 11.8 Å². The fourth-order valence-corrected chi connectivity index (χ4v) is 2.72. The molecule has 0 bridgehead atoms. The molecular formula is C12H22ClNO. The van der Waals surface area contributed by atoms with Crippen LogP contribution >= 0.6 is 11.6 Å². The molecule has 3 heteroatoms. The topological polar surface area (TPSA) is 20.3 Å². The second-order valence-electron chi connectivity index (χ2n) is 4.84. The zero-order valence-electron chi connectivity index (χ0n) is 10.0. The zero-order chi connectivity index (χ0) is 11.4. The minimum atomic E-state index is 0.173. The van der Waals surface area contributed by atoms with Crippen LogP contribution in [0.2, 0.25) is 0 Å². The Labute approximate surface area is 98.0 Å². The highest BCUT2D eigenvalue weighted by Crippen LogP contribution is 2.32. The zero-order valence-corrected chi connectivity index (χ0v) is 10.8. The predicted molar refractivity (Wildman–Crippen MR) is 64.1 cm³/mol. The third-order valence-electron chi connectivity index (χ3n) is 3.23. The molecule has 1 unspecified atom stereocenters. The number of rotatable bonds is 5. The Morgan fingerprint density at radius 1 is 1.53 bits per heavy atom. The smallest absolute Gasteiger partial charge is 0.225 e. The van der Waals surface area contributed by atoms with Crippen molar-refractivity contribution in [3.63, 3.8) is 0 Å². The lowest BCUT2D eigenvalue weighted by atomic mass is 9.84. The van der Waals surface area contributed by atoms with Gasteiger partial charge < -0.3 is 4.90 Å². The molecule has 1 atom stereocenters. The van der Waals surface area contributed by atoms with Crippen molar-refractivity contribution < 1.29 is 4.79 Å². The first kappa shape index (κ1) is 12.8. The van der Waals surface area contributed by atoms with Gasteiger partial charge in [-0.25, -0.2) is 0 Å². The summed E-state index contributed by atoms with van der Waals surface area (Å²) >= 11 is 5.92. The lowest BCUT2D eigenvalue weighted by Crippen LogP contribution is -2.40. The molecule has 1 aliphatic rings. The number of hydrogen-bond donors (Lipinski definition) is 0. The molecule has 0 saturated heterocycles. The highest BCUT2D eigenvalue weighted by Gasteiger charge is 2.29. The molecule has 1 fully saturated rings. The van der Waals surface area contributed by atoms with Crippen molar-refractivity contribution in [2.45, 2.75) is 44.9 Å². The minimum absolute atomic E-state index is 0.173. The Kier molecular flexibility index (Phi) is 4.91. The van der Waals surface area contributed by atoms with E-state index in [0.29, 0.717) is 11.3 Å². The highest BCUT2D eigenvalue weighted by atomic mass is 35.5. The van der Waals surface area contributed by atoms with Gasteiger partial charge in [0, 0.05) is 24.9 Å². The van der Waals surface area contributed by atoms with E-state index in [1.165, 1.54) is 0 Å². The maximum absolute atomic E-state index is 11.9. The first-order valence-corrected chi connectivity index (χ1v) is 6.37. The van der Waals surface area contributed by atoms with Crippen LogP contribution in [0.3, 0.4) is 0 Å². The van der Waals surface area contributed by atoms with E-state index in [1.807, 2.05) is 18.9 Å². The number of halogens is 1. The third-order valence-corrected chi connectivity index (χ3v) is 3.59. The number of alkyl halides is 1. The fraction of sp³-hybridized carbons (Fsp3) is 0.917. The van der Waals surface area contributed by atoms with Gasteiger partial charge in [0.2, 0.25) is 5.91 Å². The van der Waals surface area contributed by atoms with E-state index in [-0.39, 0.29) is 11.8 Å². The molecule has 0 aromatic rings. The highest BCUT2D eigenvalue weighted by molar-refractivity contribution is 6.21. The van der Waals surface area contributed by atoms with Gasteiger partial charge in [0.25, 0.3) is 0 Å². The van der Waals surface area contributed by atoms with Crippen molar-refractivity contribution in [3.05, 3.63) is 0 Å². The molecule has 0 N–H and O–H groups in total. The predicted octanol–water partition coefficient (Wildman–Crippen LogP) is 2.90. The monoisotopic (exact) mass is 231 g/mol. The Balaban J connectivity index is 2.26. The van der Waals surface area contributed by atoms with Gasteiger partial charge in [-0.15, -0.1) is 11.6 Å². The average Bonchev–Trinajstić information content (AvgIpc) is 2.14. The lowest BCUT2D eigenvalue weighted by molar-refractivity contribution is -0.134. The summed E-state index contributed by atoms with van der Waals surface area (Å²) in [6, 6.07) is 0. The van der Waals surface area contributed by atoms with E-state index in [9.17, 15) is 4.79 Å². The molecule has 0 spiro atoms. The van der Waals surface area contributed by atoms with E-state index in [4.69, 9.17) is 11.6 Å². The number of amides is 1. The maximum atomic E-state index is 11.9. The largest absolute Gasteiger partial charge is 0.345 e. The molecule has 0 aromatic heterocycles. The average molecular weight is 232 g/mol. The minimum Gasteiger partial charge on any atom is -0.345 e. The van der Waals surface area contributed by atoms with E-state index >= 15 is 0 Å². The molecule has 1 rings (SSSR count). The van der Waals surface area contributed by atoms with Gasteiger partial charge in [-0.2, -0.15) is 0 Å². The molecule has 1 saturated carbocycles. The summed E-state index contributed by atoms with van der Waals surface area (Å²) < 4.78 is 0. The van der Waals surface area contributed by atoms with Gasteiger partial charge in [0.1, 0.15) is 0 Å². The third kappa shape index (κ3) is 3.67. The summed E-state index contributed by atoms with van der Waals surface area (Å²) in [5, 5.41) is 0.353. The van der Waals surface area contributed by atoms with Gasteiger partial charge in [0.05, 0.1) is 0 Å². The van der Waals surface area contributed by atoms with Crippen LogP contribution in [0.1, 0.15) is 39.5 Å². The summed E-state index contributed by atoms with van der Waals surface area (Å²) in [5.41, 5.74) is 0. The quantitative estimate of drug-likeness (QED) is 0.667. The second-order valence-corrected chi connectivity index (χ2v) is 5.46. The summed E-state index contributed by atoms with van der Waals surface area (Å²) in [6.07, 6.45) is 4.21. The van der Waals surface area contributed by atoms with Crippen LogP contribution in [0.25, 0.3) is 0 Å². The molecule has 88 valence electrons. The molecular weight excluding hydrogens is 210 g/mol. The second kappa shape index (κ2) is 5.74. The molecule has 15 heavy (non-hydrogen) atoms. The van der Waals surface area contributed by atoms with Crippen LogP contribution < -0.4 is 0 Å². The van der Waals surface area contributed by atoms with Crippen LogP contribution in [0.4, 0.5) is 0 Å². The standard InChI is InChI=1S/C12H22ClNO/c1-4-5-9(2)12(15)14(3)8-10-6-11(13)7-10/h9-11H,4-8H2,1-3H3. The Morgan fingerprint density at radius 3 is 2.60 bits per heavy atom. The fourth-order valence-electron chi connectivity index (χ4n) is 2.21. The van der Waals surface area contributed by atoms with Gasteiger partial charge in [-0.3, -0.25) is 4.79 Å². The number of hydrogen-bond acceptors (Lipinski definition) is 1. The van der Waals surface area contributed by atoms with Crippen molar-refractivity contribution in [1.29, 1.82) is 0 Å². The van der Waals surface area contributed by atoms with Gasteiger partial charge >= 0.3 is 0 Å². The first-order valence-electron chi connectivity index (χ1n) is 5.93. The molecule has 0 aliphatic heterocycles. The summed E-state index contributed by atoms with van der Waals surface area (Å²) in [6.45, 7) is 5.03. The van der Waals surface area contributed by atoms with Crippen LogP contribution in [0, 0.1) is 11.8 Å². The molecule has 0 aromatic carbocycles. The van der Waals surface area contributed by atoms with Crippen molar-refractivity contribution in [2.75, 3.05) is 13.6 Å². The molecule has 0 heterocycles. The Hall–Kier alpha value is -0.240. The van der Waals surface area contributed by atoms with Crippen molar-refractivity contribution in [3.8, 4) is 0 Å². The van der Waals surface area contributed by atoms with E-state index in [1.54, 1.807) is 0 Å². The maximum Gasteiger partial charge on any atom is 0.225 e. The number of carbonyl (C=O) groups is 1. The van der Waals surface area contributed by atoms with Gasteiger partial charge in [-0.05, 0) is 25.2 Å². The lowest BCUT2D eigenvalue weighted by Gasteiger charge is -2.34. The Bertz CT molecular complexity index is 214. The number of nitrogens with zero attached hydrogens (tertiary/aromatic N) is 1. The van der Waals surface area contributed by atoms with Crippen molar-refractivity contribution in [1.82, 2.24) is 4.90 Å². The van der Waals surface area contributed by atoms with E-state index < -0.39 is 0 Å². The summed E-state index contributed by atoms with van der Waals surface area (Å²) in [5.74, 6) is 1.09. The van der Waals surface area contributed by atoms with Crippen LogP contribution in [-0.2, 0) is 4.79 Å². The SMILES string of the molecule is CCCC(C)C(=O)N(C)CC1CC(Cl)C1. The van der Waals surface area contributed by atoms with E-state index in [0.717, 1.165) is 32.2 Å². The molecule has 1 aliphatic carbocycles. The van der Waals surface area contributed by atoms with Gasteiger partial charge in [-0.1, -0.05) is 20.3 Å². The molecule has 1 amide bonds. The van der Waals surface area contributed by atoms with Crippen LogP contribution in [0.5, 0.6) is 0 Å². The molecule has 0 radical (unpaired) electrons. The van der Waals surface area contributed by atoms with Crippen LogP contribution in [-0.4, -0.2) is 29.8 Å². The number of carbonyl (C=O) groups excluding carboxylic acids is 1. The summed E-state index contributed by atoms with van der Waals surface area (Å²) in [4.78, 5) is 13.8. The van der Waals surface area contributed by atoms with Crippen molar-refractivity contribution >= 4 is 17.5 Å². The van der Waals surface area contributed by atoms with E-state index in [2.05, 4.69) is 6.92 Å². The van der Waals surface area contributed by atoms with Crippen LogP contribution in [0.15, 0.2) is 0 Å². The van der Waals surface area contributed by atoms with Gasteiger partial charge in [0.15, 0.2) is 0 Å². The molecule has 2 nitrogen and oxygen atoms in total. The summed E-state index contributed by atoms with van der Waals surface area (Å²) in [7, 11) is 1.91. The first-order chi connectivity index (χ1) is 7.04.